The summed E-state index contributed by atoms with van der Waals surface area (Å²) in [7, 11) is 4.13. The van der Waals surface area contributed by atoms with Crippen LogP contribution in [0.25, 0.3) is 5.52 Å². The lowest BCUT2D eigenvalue weighted by Crippen LogP contribution is -2.29. The third kappa shape index (κ3) is 2.25. The van der Waals surface area contributed by atoms with Crippen molar-refractivity contribution in [2.24, 2.45) is 0 Å². The molecule has 2 aromatic rings. The zero-order chi connectivity index (χ0) is 13.4. The van der Waals surface area contributed by atoms with E-state index in [1.165, 1.54) is 18.5 Å². The van der Waals surface area contributed by atoms with Crippen LogP contribution in [0.3, 0.4) is 0 Å². The minimum Gasteiger partial charge on any atom is -0.376 e. The number of halogens is 1. The van der Waals surface area contributed by atoms with Crippen LogP contribution < -0.4 is 10.2 Å². The Labute approximate surface area is 121 Å². The molecule has 1 fully saturated rings. The molecule has 3 heterocycles. The van der Waals surface area contributed by atoms with Crippen LogP contribution >= 0.6 is 15.9 Å². The molecular weight excluding hydrogens is 304 g/mol. The second-order valence-electron chi connectivity index (χ2n) is 5.31. The van der Waals surface area contributed by atoms with E-state index < -0.39 is 0 Å². The first kappa shape index (κ1) is 12.9. The molecule has 0 aliphatic carbocycles. The molecule has 0 bridgehead atoms. The molecule has 0 amide bonds. The third-order valence-electron chi connectivity index (χ3n) is 3.77. The van der Waals surface area contributed by atoms with Gasteiger partial charge in [-0.3, -0.25) is 0 Å². The molecule has 1 aliphatic heterocycles. The van der Waals surface area contributed by atoms with E-state index >= 15 is 0 Å². The lowest BCUT2D eigenvalue weighted by Gasteiger charge is -2.22. The van der Waals surface area contributed by atoms with Crippen molar-refractivity contribution in [3.63, 3.8) is 0 Å². The fraction of sp³-hybridized carbons (Fsp3) is 0.500. The molecule has 1 aliphatic rings. The van der Waals surface area contributed by atoms with Crippen LogP contribution in [0.15, 0.2) is 22.9 Å². The highest BCUT2D eigenvalue weighted by atomic mass is 79.9. The Morgan fingerprint density at radius 2 is 2.32 bits per heavy atom. The van der Waals surface area contributed by atoms with Gasteiger partial charge >= 0.3 is 0 Å². The molecule has 102 valence electrons. The second-order valence-corrected chi connectivity index (χ2v) is 6.06. The Morgan fingerprint density at radius 1 is 1.47 bits per heavy atom. The Morgan fingerprint density at radius 3 is 3.00 bits per heavy atom. The van der Waals surface area contributed by atoms with E-state index in [2.05, 4.69) is 63.0 Å². The number of pyridine rings is 1. The molecule has 1 saturated heterocycles. The number of anilines is 1. The average molecular weight is 323 g/mol. The molecule has 19 heavy (non-hydrogen) atoms. The minimum absolute atomic E-state index is 0.505. The van der Waals surface area contributed by atoms with Gasteiger partial charge in [-0.05, 0) is 47.4 Å². The highest BCUT2D eigenvalue weighted by Crippen LogP contribution is 2.32. The molecule has 1 atom stereocenters. The van der Waals surface area contributed by atoms with Gasteiger partial charge in [0.15, 0.2) is 0 Å². The lowest BCUT2D eigenvalue weighted by molar-refractivity contribution is 0.445. The summed E-state index contributed by atoms with van der Waals surface area (Å²) >= 11 is 3.62. The molecule has 1 unspecified atom stereocenters. The summed E-state index contributed by atoms with van der Waals surface area (Å²) in [5.74, 6) is 1.67. The first-order chi connectivity index (χ1) is 9.18. The van der Waals surface area contributed by atoms with Gasteiger partial charge in [-0.25, -0.2) is 4.98 Å². The van der Waals surface area contributed by atoms with Gasteiger partial charge in [0.1, 0.15) is 15.9 Å². The number of imidazole rings is 1. The SMILES string of the molecule is CN(C)c1cccn2c(C3CCCNC3)nc(Br)c12. The van der Waals surface area contributed by atoms with Crippen LogP contribution in [0.2, 0.25) is 0 Å². The highest BCUT2D eigenvalue weighted by Gasteiger charge is 2.22. The minimum atomic E-state index is 0.505. The van der Waals surface area contributed by atoms with Gasteiger partial charge in [0, 0.05) is 32.8 Å². The van der Waals surface area contributed by atoms with Gasteiger partial charge in [-0.1, -0.05) is 0 Å². The van der Waals surface area contributed by atoms with Crippen LogP contribution in [-0.2, 0) is 0 Å². The van der Waals surface area contributed by atoms with Crippen LogP contribution in [0.5, 0.6) is 0 Å². The molecule has 4 nitrogen and oxygen atoms in total. The van der Waals surface area contributed by atoms with Crippen LogP contribution in [0.4, 0.5) is 5.69 Å². The summed E-state index contributed by atoms with van der Waals surface area (Å²) in [4.78, 5) is 6.90. The number of nitrogens with zero attached hydrogens (tertiary/aromatic N) is 3. The Hall–Kier alpha value is -1.07. The van der Waals surface area contributed by atoms with Gasteiger partial charge in [-0.15, -0.1) is 0 Å². The van der Waals surface area contributed by atoms with Gasteiger partial charge in [0.05, 0.1) is 5.69 Å². The van der Waals surface area contributed by atoms with Gasteiger partial charge in [-0.2, -0.15) is 0 Å². The number of aromatic nitrogens is 2. The lowest BCUT2D eigenvalue weighted by atomic mass is 9.99. The maximum Gasteiger partial charge on any atom is 0.134 e. The van der Waals surface area contributed by atoms with Crippen molar-refractivity contribution in [2.75, 3.05) is 32.1 Å². The Kier molecular flexibility index (Phi) is 3.50. The van der Waals surface area contributed by atoms with Crippen molar-refractivity contribution in [2.45, 2.75) is 18.8 Å². The molecule has 3 rings (SSSR count). The number of hydrogen-bond donors (Lipinski definition) is 1. The summed E-state index contributed by atoms with van der Waals surface area (Å²) in [6, 6.07) is 4.22. The molecule has 2 aromatic heterocycles. The predicted octanol–water partition coefficient (Wildman–Crippen LogP) is 2.63. The summed E-state index contributed by atoms with van der Waals surface area (Å²) in [6.07, 6.45) is 4.55. The zero-order valence-electron chi connectivity index (χ0n) is 11.4. The monoisotopic (exact) mass is 322 g/mol. The van der Waals surface area contributed by atoms with Crippen molar-refractivity contribution in [1.29, 1.82) is 0 Å². The van der Waals surface area contributed by atoms with Crippen molar-refractivity contribution >= 4 is 27.1 Å². The van der Waals surface area contributed by atoms with E-state index in [9.17, 15) is 0 Å². The van der Waals surface area contributed by atoms with Crippen molar-refractivity contribution in [3.05, 3.63) is 28.8 Å². The van der Waals surface area contributed by atoms with Gasteiger partial charge < -0.3 is 14.6 Å². The Balaban J connectivity index is 2.14. The van der Waals surface area contributed by atoms with E-state index in [1.807, 2.05) is 0 Å². The topological polar surface area (TPSA) is 32.6 Å². The summed E-state index contributed by atoms with van der Waals surface area (Å²) < 4.78 is 3.18. The maximum atomic E-state index is 4.77. The fourth-order valence-corrected chi connectivity index (χ4v) is 3.40. The third-order valence-corrected chi connectivity index (χ3v) is 4.32. The van der Waals surface area contributed by atoms with E-state index in [0.29, 0.717) is 5.92 Å². The molecule has 0 radical (unpaired) electrons. The summed E-state index contributed by atoms with van der Waals surface area (Å²) in [6.45, 7) is 2.15. The number of nitrogens with one attached hydrogen (secondary N) is 1. The highest BCUT2D eigenvalue weighted by molar-refractivity contribution is 9.10. The number of fused-ring (bicyclic) bond motifs is 1. The van der Waals surface area contributed by atoms with Gasteiger partial charge in [0.25, 0.3) is 0 Å². The molecule has 0 saturated carbocycles. The predicted molar refractivity (Wildman–Crippen MR) is 82.1 cm³/mol. The first-order valence-corrected chi connectivity index (χ1v) is 7.52. The quantitative estimate of drug-likeness (QED) is 0.922. The number of hydrogen-bond acceptors (Lipinski definition) is 3. The molecule has 1 N–H and O–H groups in total. The standard InChI is InChI=1S/C14H19BrN4/c1-18(2)11-6-4-8-19-12(11)13(15)17-14(19)10-5-3-7-16-9-10/h4,6,8,10,16H,3,5,7,9H2,1-2H3. The second kappa shape index (κ2) is 5.13. The number of piperidine rings is 1. The maximum absolute atomic E-state index is 4.77. The molecular formula is C14H19BrN4. The van der Waals surface area contributed by atoms with Crippen LogP contribution in [0, 0.1) is 0 Å². The van der Waals surface area contributed by atoms with E-state index in [1.54, 1.807) is 0 Å². The van der Waals surface area contributed by atoms with E-state index in [0.717, 1.165) is 29.0 Å². The summed E-state index contributed by atoms with van der Waals surface area (Å²) in [5.41, 5.74) is 2.35. The zero-order valence-corrected chi connectivity index (χ0v) is 12.9. The van der Waals surface area contributed by atoms with E-state index in [-0.39, 0.29) is 0 Å². The van der Waals surface area contributed by atoms with Crippen LogP contribution in [-0.4, -0.2) is 36.6 Å². The number of rotatable bonds is 2. The summed E-state index contributed by atoms with van der Waals surface area (Å²) in [5, 5.41) is 3.47. The molecule has 0 aromatic carbocycles. The largest absolute Gasteiger partial charge is 0.376 e. The Bertz CT molecular complexity index is 584. The van der Waals surface area contributed by atoms with Crippen LogP contribution in [0.1, 0.15) is 24.6 Å². The molecule has 0 spiro atoms. The average Bonchev–Trinajstić information content (AvgIpc) is 2.77. The van der Waals surface area contributed by atoms with Crippen molar-refractivity contribution in [1.82, 2.24) is 14.7 Å². The van der Waals surface area contributed by atoms with Crippen molar-refractivity contribution < 1.29 is 0 Å². The normalized spacial score (nSPS) is 19.8. The van der Waals surface area contributed by atoms with E-state index in [4.69, 9.17) is 4.98 Å². The van der Waals surface area contributed by atoms with Gasteiger partial charge in [0.2, 0.25) is 0 Å². The smallest absolute Gasteiger partial charge is 0.134 e. The van der Waals surface area contributed by atoms with Crippen molar-refractivity contribution in [3.8, 4) is 0 Å². The first-order valence-electron chi connectivity index (χ1n) is 6.73. The fourth-order valence-electron chi connectivity index (χ4n) is 2.82. The molecule has 5 heteroatoms.